The van der Waals surface area contributed by atoms with Crippen LogP contribution in [-0.4, -0.2) is 39.6 Å². The van der Waals surface area contributed by atoms with Gasteiger partial charge in [0.1, 0.15) is 0 Å². The van der Waals surface area contributed by atoms with E-state index in [1.165, 1.54) is 15.8 Å². The van der Waals surface area contributed by atoms with Crippen LogP contribution in [0.5, 0.6) is 0 Å². The van der Waals surface area contributed by atoms with E-state index >= 15 is 0 Å². The molecule has 0 fully saturated rings. The second-order valence-electron chi connectivity index (χ2n) is 3.39. The van der Waals surface area contributed by atoms with Gasteiger partial charge in [0.25, 0.3) is 5.91 Å². The number of hydrogen-bond acceptors (Lipinski definition) is 4. The first kappa shape index (κ1) is 12.0. The summed E-state index contributed by atoms with van der Waals surface area (Å²) in [7, 11) is 1.66. The Labute approximate surface area is 93.0 Å². The molecule has 1 aromatic rings. The number of nitrogens with zero attached hydrogens (tertiary/aromatic N) is 3. The average molecular weight is 225 g/mol. The van der Waals surface area contributed by atoms with Crippen molar-refractivity contribution in [3.05, 3.63) is 11.9 Å². The molecule has 16 heavy (non-hydrogen) atoms. The molecule has 0 unspecified atom stereocenters. The highest BCUT2D eigenvalue weighted by molar-refractivity contribution is 5.98. The smallest absolute Gasteiger partial charge is 0.276 e. The van der Waals surface area contributed by atoms with Crippen LogP contribution in [0.4, 0.5) is 5.69 Å². The fourth-order valence-corrected chi connectivity index (χ4v) is 1.34. The monoisotopic (exact) mass is 225 g/mol. The quantitative estimate of drug-likeness (QED) is 0.681. The second kappa shape index (κ2) is 4.65. The second-order valence-corrected chi connectivity index (χ2v) is 3.39. The topological polar surface area (TPSA) is 107 Å². The summed E-state index contributed by atoms with van der Waals surface area (Å²) in [6.45, 7) is 1.99. The van der Waals surface area contributed by atoms with E-state index in [4.69, 9.17) is 11.5 Å². The number of nitrogen functional groups attached to an aromatic ring is 1. The van der Waals surface area contributed by atoms with Crippen molar-refractivity contribution < 1.29 is 9.59 Å². The number of rotatable bonds is 4. The summed E-state index contributed by atoms with van der Waals surface area (Å²) in [5.74, 6) is -0.955. The average Bonchev–Trinajstić information content (AvgIpc) is 2.53. The zero-order valence-corrected chi connectivity index (χ0v) is 9.30. The molecular formula is C9H15N5O2. The highest BCUT2D eigenvalue weighted by Gasteiger charge is 2.21. The fourth-order valence-electron chi connectivity index (χ4n) is 1.34. The molecule has 2 amide bonds. The third-order valence-electron chi connectivity index (χ3n) is 2.08. The molecule has 0 atom stereocenters. The highest BCUT2D eigenvalue weighted by Crippen LogP contribution is 2.11. The predicted octanol–water partition coefficient (Wildman–Crippen LogP) is -1.05. The van der Waals surface area contributed by atoms with Crippen LogP contribution in [0.25, 0.3) is 0 Å². The first-order valence-electron chi connectivity index (χ1n) is 4.82. The molecule has 7 heteroatoms. The van der Waals surface area contributed by atoms with Crippen LogP contribution in [0.2, 0.25) is 0 Å². The predicted molar refractivity (Wildman–Crippen MR) is 58.4 cm³/mol. The van der Waals surface area contributed by atoms with Crippen molar-refractivity contribution in [1.82, 2.24) is 14.7 Å². The molecule has 0 saturated heterocycles. The minimum absolute atomic E-state index is 0.134. The van der Waals surface area contributed by atoms with E-state index in [0.29, 0.717) is 6.54 Å². The maximum atomic E-state index is 11.9. The summed E-state index contributed by atoms with van der Waals surface area (Å²) in [5, 5.41) is 3.93. The molecule has 0 aliphatic heterocycles. The number of anilines is 1. The first-order chi connectivity index (χ1) is 7.45. The van der Waals surface area contributed by atoms with E-state index in [0.717, 1.165) is 0 Å². The molecule has 88 valence electrons. The molecule has 1 rings (SSSR count). The van der Waals surface area contributed by atoms with Gasteiger partial charge in [0.15, 0.2) is 5.69 Å². The molecule has 0 spiro atoms. The summed E-state index contributed by atoms with van der Waals surface area (Å²) in [6.07, 6.45) is 1.53. The van der Waals surface area contributed by atoms with Crippen LogP contribution in [0, 0.1) is 0 Å². The van der Waals surface area contributed by atoms with Crippen LogP contribution >= 0.6 is 0 Å². The molecule has 4 N–H and O–H groups in total. The van der Waals surface area contributed by atoms with Crippen molar-refractivity contribution in [2.24, 2.45) is 12.8 Å². The lowest BCUT2D eigenvalue weighted by molar-refractivity contribution is -0.118. The van der Waals surface area contributed by atoms with E-state index < -0.39 is 5.91 Å². The van der Waals surface area contributed by atoms with Crippen molar-refractivity contribution in [1.29, 1.82) is 0 Å². The molecule has 1 heterocycles. The Morgan fingerprint density at radius 3 is 2.56 bits per heavy atom. The maximum absolute atomic E-state index is 11.9. The van der Waals surface area contributed by atoms with E-state index in [1.807, 2.05) is 0 Å². The standard InChI is InChI=1S/C9H15N5O2/c1-3-14(5-7(11)15)9(16)8-6(10)4-13(2)12-8/h4H,3,5,10H2,1-2H3,(H2,11,15). The number of primary amides is 1. The fraction of sp³-hybridized carbons (Fsp3) is 0.444. The van der Waals surface area contributed by atoms with Crippen molar-refractivity contribution in [2.75, 3.05) is 18.8 Å². The Hall–Kier alpha value is -2.05. The van der Waals surface area contributed by atoms with E-state index in [1.54, 1.807) is 14.0 Å². The van der Waals surface area contributed by atoms with Crippen molar-refractivity contribution in [2.45, 2.75) is 6.92 Å². The van der Waals surface area contributed by atoms with Crippen LogP contribution in [0.15, 0.2) is 6.20 Å². The van der Waals surface area contributed by atoms with E-state index in [-0.39, 0.29) is 23.8 Å². The van der Waals surface area contributed by atoms with Gasteiger partial charge in [0.05, 0.1) is 12.2 Å². The Balaban J connectivity index is 2.91. The number of carbonyl (C=O) groups excluding carboxylic acids is 2. The summed E-state index contributed by atoms with van der Waals surface area (Å²) >= 11 is 0. The van der Waals surface area contributed by atoms with Gasteiger partial charge in [-0.05, 0) is 6.92 Å². The van der Waals surface area contributed by atoms with E-state index in [2.05, 4.69) is 5.10 Å². The summed E-state index contributed by atoms with van der Waals surface area (Å²) < 4.78 is 1.45. The van der Waals surface area contributed by atoms with Gasteiger partial charge in [-0.3, -0.25) is 14.3 Å². The third-order valence-corrected chi connectivity index (χ3v) is 2.08. The number of hydrogen-bond donors (Lipinski definition) is 2. The van der Waals surface area contributed by atoms with Gasteiger partial charge < -0.3 is 16.4 Å². The Morgan fingerprint density at radius 2 is 2.19 bits per heavy atom. The largest absolute Gasteiger partial charge is 0.396 e. The third kappa shape index (κ3) is 2.50. The van der Waals surface area contributed by atoms with Gasteiger partial charge in [0.2, 0.25) is 5.91 Å². The summed E-state index contributed by atoms with van der Waals surface area (Å²) in [4.78, 5) is 24.0. The molecule has 0 radical (unpaired) electrons. The van der Waals surface area contributed by atoms with Gasteiger partial charge in [-0.15, -0.1) is 0 Å². The number of nitrogens with two attached hydrogens (primary N) is 2. The number of likely N-dealkylation sites (N-methyl/N-ethyl adjacent to an activating group) is 1. The minimum Gasteiger partial charge on any atom is -0.396 e. The first-order valence-corrected chi connectivity index (χ1v) is 4.82. The minimum atomic E-state index is -0.565. The van der Waals surface area contributed by atoms with Crippen molar-refractivity contribution in [3.8, 4) is 0 Å². The van der Waals surface area contributed by atoms with Crippen LogP contribution in [0.3, 0.4) is 0 Å². The molecule has 0 saturated carbocycles. The van der Waals surface area contributed by atoms with Gasteiger partial charge in [-0.1, -0.05) is 0 Å². The van der Waals surface area contributed by atoms with Crippen LogP contribution < -0.4 is 11.5 Å². The summed E-state index contributed by atoms with van der Waals surface area (Å²) in [5.41, 5.74) is 11.1. The lowest BCUT2D eigenvalue weighted by Gasteiger charge is -2.17. The van der Waals surface area contributed by atoms with Crippen LogP contribution in [-0.2, 0) is 11.8 Å². The molecule has 0 aliphatic rings. The number of aromatic nitrogens is 2. The van der Waals surface area contributed by atoms with Gasteiger partial charge in [-0.25, -0.2) is 0 Å². The van der Waals surface area contributed by atoms with Crippen molar-refractivity contribution in [3.63, 3.8) is 0 Å². The van der Waals surface area contributed by atoms with Gasteiger partial charge in [-0.2, -0.15) is 5.10 Å². The lowest BCUT2D eigenvalue weighted by Crippen LogP contribution is -2.38. The number of carbonyl (C=O) groups is 2. The Bertz CT molecular complexity index is 412. The Morgan fingerprint density at radius 1 is 1.56 bits per heavy atom. The van der Waals surface area contributed by atoms with Crippen molar-refractivity contribution >= 4 is 17.5 Å². The van der Waals surface area contributed by atoms with E-state index in [9.17, 15) is 9.59 Å². The molecule has 0 aliphatic carbocycles. The normalized spacial score (nSPS) is 10.1. The van der Waals surface area contributed by atoms with Gasteiger partial charge >= 0.3 is 0 Å². The number of aryl methyl sites for hydroxylation is 1. The van der Waals surface area contributed by atoms with Crippen LogP contribution in [0.1, 0.15) is 17.4 Å². The molecule has 0 aromatic carbocycles. The maximum Gasteiger partial charge on any atom is 0.276 e. The highest BCUT2D eigenvalue weighted by atomic mass is 16.2. The lowest BCUT2D eigenvalue weighted by atomic mass is 10.3. The zero-order chi connectivity index (χ0) is 12.3. The SMILES string of the molecule is CCN(CC(N)=O)C(=O)c1nn(C)cc1N. The molecular weight excluding hydrogens is 210 g/mol. The molecule has 1 aromatic heterocycles. The number of amides is 2. The molecule has 7 nitrogen and oxygen atoms in total. The zero-order valence-electron chi connectivity index (χ0n) is 9.30. The summed E-state index contributed by atoms with van der Waals surface area (Å²) in [6, 6.07) is 0. The molecule has 0 bridgehead atoms. The van der Waals surface area contributed by atoms with Gasteiger partial charge in [0, 0.05) is 19.8 Å². The Kier molecular flexibility index (Phi) is 3.49.